The summed E-state index contributed by atoms with van der Waals surface area (Å²) in [4.78, 5) is 15.6. The number of carbonyl (C=O) groups excluding carboxylic acids is 1. The van der Waals surface area contributed by atoms with E-state index in [0.717, 1.165) is 5.69 Å². The van der Waals surface area contributed by atoms with Gasteiger partial charge in [0.1, 0.15) is 0 Å². The highest BCUT2D eigenvalue weighted by atomic mass is 16.5. The first-order chi connectivity index (χ1) is 10.4. The second-order valence-electron chi connectivity index (χ2n) is 5.81. The van der Waals surface area contributed by atoms with Gasteiger partial charge in [0.15, 0.2) is 5.96 Å². The molecule has 0 unspecified atom stereocenters. The molecule has 122 valence electrons. The number of guanidine groups is 1. The van der Waals surface area contributed by atoms with Crippen LogP contribution in [0.4, 0.5) is 5.69 Å². The van der Waals surface area contributed by atoms with Crippen LogP contribution < -0.4 is 11.1 Å². The fraction of sp³-hybridized carbons (Fsp3) is 0.529. The number of carbonyl (C=O) groups is 1. The van der Waals surface area contributed by atoms with Gasteiger partial charge >= 0.3 is 5.97 Å². The van der Waals surface area contributed by atoms with Crippen LogP contribution >= 0.6 is 0 Å². The second-order valence-corrected chi connectivity index (χ2v) is 5.81. The van der Waals surface area contributed by atoms with Crippen molar-refractivity contribution in [1.29, 1.82) is 0 Å². The van der Waals surface area contributed by atoms with Gasteiger partial charge in [0.05, 0.1) is 6.10 Å². The van der Waals surface area contributed by atoms with Crippen LogP contribution in [0.2, 0.25) is 0 Å². The maximum Gasteiger partial charge on any atom is 0.306 e. The Hall–Kier alpha value is -2.04. The molecule has 5 nitrogen and oxygen atoms in total. The summed E-state index contributed by atoms with van der Waals surface area (Å²) in [6.45, 7) is 8.46. The van der Waals surface area contributed by atoms with Crippen LogP contribution in [0, 0.1) is 0 Å². The van der Waals surface area contributed by atoms with E-state index in [0.29, 0.717) is 31.3 Å². The largest absolute Gasteiger partial charge is 0.463 e. The lowest BCUT2D eigenvalue weighted by Gasteiger charge is -2.10. The number of benzene rings is 1. The van der Waals surface area contributed by atoms with Gasteiger partial charge in [0.25, 0.3) is 0 Å². The van der Waals surface area contributed by atoms with Gasteiger partial charge in [-0.1, -0.05) is 26.0 Å². The van der Waals surface area contributed by atoms with Crippen molar-refractivity contribution in [1.82, 2.24) is 0 Å². The van der Waals surface area contributed by atoms with Crippen molar-refractivity contribution >= 4 is 17.6 Å². The van der Waals surface area contributed by atoms with Gasteiger partial charge in [0, 0.05) is 18.7 Å². The van der Waals surface area contributed by atoms with Crippen molar-refractivity contribution < 1.29 is 9.53 Å². The van der Waals surface area contributed by atoms with E-state index >= 15 is 0 Å². The third-order valence-electron chi connectivity index (χ3n) is 3.01. The van der Waals surface area contributed by atoms with Crippen molar-refractivity contribution in [2.24, 2.45) is 10.7 Å². The lowest BCUT2D eigenvalue weighted by atomic mass is 10.0. The van der Waals surface area contributed by atoms with E-state index in [1.165, 1.54) is 5.56 Å². The summed E-state index contributed by atoms with van der Waals surface area (Å²) in [7, 11) is 0. The number of hydrogen-bond acceptors (Lipinski definition) is 3. The molecule has 1 aromatic rings. The van der Waals surface area contributed by atoms with E-state index in [2.05, 4.69) is 36.3 Å². The van der Waals surface area contributed by atoms with E-state index in [-0.39, 0.29) is 12.1 Å². The molecule has 0 aliphatic rings. The highest BCUT2D eigenvalue weighted by Gasteiger charge is 2.05. The number of nitrogens with one attached hydrogen (secondary N) is 1. The van der Waals surface area contributed by atoms with Crippen LogP contribution in [0.25, 0.3) is 0 Å². The number of esters is 1. The number of rotatable bonds is 7. The van der Waals surface area contributed by atoms with Crippen molar-refractivity contribution in [2.75, 3.05) is 11.9 Å². The molecule has 1 rings (SSSR count). The normalized spacial score (nSPS) is 11.8. The number of nitrogens with zero attached hydrogens (tertiary/aromatic N) is 1. The number of ether oxygens (including phenoxy) is 1. The topological polar surface area (TPSA) is 76.7 Å². The standard InChI is InChI=1S/C17H27N3O2/c1-12(2)14-7-5-8-15(11-14)20-17(18)19-10-6-9-16(21)22-13(3)4/h5,7-8,11-13H,6,9-10H2,1-4H3,(H3,18,19,20). The minimum absolute atomic E-state index is 0.0732. The quantitative estimate of drug-likeness (QED) is 0.351. The summed E-state index contributed by atoms with van der Waals surface area (Å²) in [6, 6.07) is 8.09. The van der Waals surface area contributed by atoms with Crippen LogP contribution in [0.3, 0.4) is 0 Å². The molecule has 0 fully saturated rings. The molecule has 22 heavy (non-hydrogen) atoms. The molecule has 0 bridgehead atoms. The molecule has 0 atom stereocenters. The van der Waals surface area contributed by atoms with Crippen molar-refractivity contribution in [3.05, 3.63) is 29.8 Å². The maximum absolute atomic E-state index is 11.4. The minimum atomic E-state index is -0.193. The lowest BCUT2D eigenvalue weighted by molar-refractivity contribution is -0.147. The van der Waals surface area contributed by atoms with Gasteiger partial charge in [-0.25, -0.2) is 0 Å². The third kappa shape index (κ3) is 7.11. The Morgan fingerprint density at radius 1 is 1.32 bits per heavy atom. The molecule has 0 aliphatic carbocycles. The molecule has 3 N–H and O–H groups in total. The smallest absolute Gasteiger partial charge is 0.306 e. The van der Waals surface area contributed by atoms with Crippen LogP contribution in [0.15, 0.2) is 29.3 Å². The molecular weight excluding hydrogens is 278 g/mol. The van der Waals surface area contributed by atoms with Crippen LogP contribution in [0.1, 0.15) is 52.0 Å². The summed E-state index contributed by atoms with van der Waals surface area (Å²) in [5, 5.41) is 3.07. The molecule has 0 spiro atoms. The molecular formula is C17H27N3O2. The Bertz CT molecular complexity index is 510. The zero-order valence-electron chi connectivity index (χ0n) is 13.9. The van der Waals surface area contributed by atoms with Gasteiger partial charge in [-0.15, -0.1) is 0 Å². The molecule has 0 heterocycles. The van der Waals surface area contributed by atoms with Gasteiger partial charge < -0.3 is 15.8 Å². The van der Waals surface area contributed by atoms with Crippen molar-refractivity contribution in [2.45, 2.75) is 52.6 Å². The van der Waals surface area contributed by atoms with E-state index in [1.807, 2.05) is 26.0 Å². The first-order valence-electron chi connectivity index (χ1n) is 7.75. The van der Waals surface area contributed by atoms with E-state index in [9.17, 15) is 4.79 Å². The Labute approximate surface area is 133 Å². The summed E-state index contributed by atoms with van der Waals surface area (Å²) < 4.78 is 5.05. The highest BCUT2D eigenvalue weighted by Crippen LogP contribution is 2.18. The fourth-order valence-electron chi connectivity index (χ4n) is 1.91. The molecule has 0 saturated heterocycles. The highest BCUT2D eigenvalue weighted by molar-refractivity contribution is 5.92. The Kier molecular flexibility index (Phi) is 7.43. The molecule has 0 aliphatic heterocycles. The molecule has 0 amide bonds. The number of nitrogens with two attached hydrogens (primary N) is 1. The van der Waals surface area contributed by atoms with Crippen LogP contribution in [-0.2, 0) is 9.53 Å². The summed E-state index contributed by atoms with van der Waals surface area (Å²) in [6.07, 6.45) is 0.911. The Balaban J connectivity index is 2.40. The Morgan fingerprint density at radius 3 is 2.68 bits per heavy atom. The molecule has 5 heteroatoms. The zero-order chi connectivity index (χ0) is 16.5. The molecule has 0 saturated carbocycles. The summed E-state index contributed by atoms with van der Waals surface area (Å²) in [5.74, 6) is 0.631. The first kappa shape index (κ1) is 18.0. The second kappa shape index (κ2) is 9.07. The van der Waals surface area contributed by atoms with Gasteiger partial charge in [-0.2, -0.15) is 0 Å². The van der Waals surface area contributed by atoms with E-state index in [1.54, 1.807) is 0 Å². The summed E-state index contributed by atoms with van der Waals surface area (Å²) in [5.41, 5.74) is 8.02. The predicted octanol–water partition coefficient (Wildman–Crippen LogP) is 3.27. The monoisotopic (exact) mass is 305 g/mol. The van der Waals surface area contributed by atoms with Gasteiger partial charge in [0.2, 0.25) is 0 Å². The summed E-state index contributed by atoms with van der Waals surface area (Å²) >= 11 is 0. The van der Waals surface area contributed by atoms with Gasteiger partial charge in [-0.05, 0) is 43.9 Å². The third-order valence-corrected chi connectivity index (χ3v) is 3.01. The fourth-order valence-corrected chi connectivity index (χ4v) is 1.91. The van der Waals surface area contributed by atoms with Crippen molar-refractivity contribution in [3.8, 4) is 0 Å². The number of hydrogen-bond donors (Lipinski definition) is 2. The van der Waals surface area contributed by atoms with E-state index < -0.39 is 0 Å². The number of anilines is 1. The molecule has 0 radical (unpaired) electrons. The van der Waals surface area contributed by atoms with Crippen LogP contribution in [0.5, 0.6) is 0 Å². The maximum atomic E-state index is 11.4. The average molecular weight is 305 g/mol. The molecule has 0 aromatic heterocycles. The van der Waals surface area contributed by atoms with Gasteiger partial charge in [-0.3, -0.25) is 9.79 Å². The SMILES string of the molecule is CC(C)OC(=O)CCCN=C(N)Nc1cccc(C(C)C)c1. The number of aliphatic imine (C=N–C) groups is 1. The Morgan fingerprint density at radius 2 is 2.05 bits per heavy atom. The molecule has 1 aromatic carbocycles. The zero-order valence-corrected chi connectivity index (χ0v) is 13.9. The van der Waals surface area contributed by atoms with Crippen LogP contribution in [-0.4, -0.2) is 24.6 Å². The average Bonchev–Trinajstić information content (AvgIpc) is 2.43. The minimum Gasteiger partial charge on any atom is -0.463 e. The first-order valence-corrected chi connectivity index (χ1v) is 7.75. The lowest BCUT2D eigenvalue weighted by Crippen LogP contribution is -2.23. The van der Waals surface area contributed by atoms with E-state index in [4.69, 9.17) is 10.5 Å². The van der Waals surface area contributed by atoms with Crippen molar-refractivity contribution in [3.63, 3.8) is 0 Å². The predicted molar refractivity (Wildman–Crippen MR) is 91.1 cm³/mol.